The number of rotatable bonds is 5. The van der Waals surface area contributed by atoms with Crippen LogP contribution < -0.4 is 0 Å². The van der Waals surface area contributed by atoms with Gasteiger partial charge in [0.05, 0.1) is 0 Å². The molecule has 0 bridgehead atoms. The van der Waals surface area contributed by atoms with Gasteiger partial charge < -0.3 is 0 Å². The summed E-state index contributed by atoms with van der Waals surface area (Å²) in [5, 5.41) is 0. The van der Waals surface area contributed by atoms with Crippen LogP contribution in [0.3, 0.4) is 0 Å². The molecular weight excluding hydrogens is 163 g/mol. The minimum absolute atomic E-state index is 0.524. The van der Waals surface area contributed by atoms with Gasteiger partial charge in [-0.3, -0.25) is 0 Å². The van der Waals surface area contributed by atoms with E-state index in [1.165, 1.54) is 19.3 Å². The number of hydrogen-bond acceptors (Lipinski definition) is 0. The highest BCUT2D eigenvalue weighted by molar-refractivity contribution is 7.17. The Morgan fingerprint density at radius 1 is 1.25 bits per heavy atom. The Labute approximate surface area is 80.7 Å². The molecule has 1 heteroatoms. The van der Waals surface area contributed by atoms with E-state index in [4.69, 9.17) is 0 Å². The summed E-state index contributed by atoms with van der Waals surface area (Å²) < 4.78 is 0. The third-order valence-electron chi connectivity index (χ3n) is 3.12. The molecule has 0 aliphatic heterocycles. The maximum absolute atomic E-state index is 3.01. The molecule has 3 atom stereocenters. The normalized spacial score (nSPS) is 17.5. The topological polar surface area (TPSA) is 0 Å². The molecule has 0 aromatic carbocycles. The lowest BCUT2D eigenvalue weighted by molar-refractivity contribution is 0.293. The van der Waals surface area contributed by atoms with Gasteiger partial charge in [-0.25, -0.2) is 0 Å². The van der Waals surface area contributed by atoms with Crippen molar-refractivity contribution in [1.82, 2.24) is 0 Å². The van der Waals surface area contributed by atoms with E-state index in [1.54, 1.807) is 0 Å². The van der Waals surface area contributed by atoms with E-state index in [2.05, 4.69) is 43.9 Å². The van der Waals surface area contributed by atoms with Crippen molar-refractivity contribution < 1.29 is 0 Å². The second-order valence-corrected chi connectivity index (χ2v) is 5.63. The van der Waals surface area contributed by atoms with Crippen LogP contribution in [0.1, 0.15) is 53.9 Å². The fraction of sp³-hybridized carbons (Fsp3) is 1.00. The summed E-state index contributed by atoms with van der Waals surface area (Å²) in [5.41, 5.74) is 1.32. The summed E-state index contributed by atoms with van der Waals surface area (Å²) in [7, 11) is 3.01. The van der Waals surface area contributed by atoms with Crippen molar-refractivity contribution >= 4 is 9.24 Å². The van der Waals surface area contributed by atoms with Crippen LogP contribution >= 0.6 is 9.24 Å². The smallest absolute Gasteiger partial charge is 0.0234 e. The lowest BCUT2D eigenvalue weighted by Crippen LogP contribution is -2.20. The summed E-state index contributed by atoms with van der Waals surface area (Å²) >= 11 is 0. The first-order valence-electron chi connectivity index (χ1n) is 5.18. The van der Waals surface area contributed by atoms with Crippen LogP contribution in [0.2, 0.25) is 0 Å². The summed E-state index contributed by atoms with van der Waals surface area (Å²) in [6.07, 6.45) is 3.92. The Kier molecular flexibility index (Phi) is 5.41. The third-order valence-corrected chi connectivity index (χ3v) is 4.01. The van der Waals surface area contributed by atoms with Crippen LogP contribution in [0, 0.1) is 11.3 Å². The van der Waals surface area contributed by atoms with Crippen LogP contribution in [0.5, 0.6) is 0 Å². The van der Waals surface area contributed by atoms with Gasteiger partial charge >= 0.3 is 0 Å². The maximum atomic E-state index is 3.01. The highest BCUT2D eigenvalue weighted by atomic mass is 31.0. The molecule has 0 aromatic rings. The molecule has 0 nitrogen and oxygen atoms in total. The van der Waals surface area contributed by atoms with Gasteiger partial charge in [0.1, 0.15) is 0 Å². The lowest BCUT2D eigenvalue weighted by atomic mass is 9.82. The third kappa shape index (κ3) is 4.45. The number of hydrogen-bond donors (Lipinski definition) is 0. The molecule has 74 valence electrons. The summed E-state index contributed by atoms with van der Waals surface area (Å²) in [6, 6.07) is 0. The van der Waals surface area contributed by atoms with Crippen LogP contribution in [0.4, 0.5) is 0 Å². The lowest BCUT2D eigenvalue weighted by Gasteiger charge is -2.29. The van der Waals surface area contributed by atoms with Crippen LogP contribution in [0.15, 0.2) is 0 Å². The van der Waals surface area contributed by atoms with Gasteiger partial charge in [-0.05, 0) is 23.4 Å². The standard InChI is InChI=1S/C11H25P/c1-6-9(3)10(12)8-11(4,5)7-2/h9-10H,6-8,12H2,1-5H3. The van der Waals surface area contributed by atoms with Crippen molar-refractivity contribution in [3.8, 4) is 0 Å². The van der Waals surface area contributed by atoms with Gasteiger partial charge in [-0.1, -0.05) is 47.5 Å². The van der Waals surface area contributed by atoms with Crippen molar-refractivity contribution in [3.63, 3.8) is 0 Å². The minimum Gasteiger partial charge on any atom is -0.134 e. The van der Waals surface area contributed by atoms with Crippen molar-refractivity contribution in [2.75, 3.05) is 0 Å². The highest BCUT2D eigenvalue weighted by Gasteiger charge is 2.21. The van der Waals surface area contributed by atoms with Gasteiger partial charge in [-0.15, -0.1) is 9.24 Å². The van der Waals surface area contributed by atoms with Crippen LogP contribution in [0.25, 0.3) is 0 Å². The monoisotopic (exact) mass is 188 g/mol. The molecule has 0 aliphatic carbocycles. The average Bonchev–Trinajstić information content (AvgIpc) is 2.02. The zero-order valence-electron chi connectivity index (χ0n) is 9.35. The molecular formula is C11H25P. The summed E-state index contributed by atoms with van der Waals surface area (Å²) in [6.45, 7) is 11.6. The molecule has 0 saturated carbocycles. The zero-order valence-corrected chi connectivity index (χ0v) is 10.5. The average molecular weight is 188 g/mol. The summed E-state index contributed by atoms with van der Waals surface area (Å²) in [4.78, 5) is 0. The fourth-order valence-electron chi connectivity index (χ4n) is 1.29. The molecule has 0 fully saturated rings. The Morgan fingerprint density at radius 2 is 1.75 bits per heavy atom. The molecule has 0 aromatic heterocycles. The van der Waals surface area contributed by atoms with Crippen molar-refractivity contribution in [2.24, 2.45) is 11.3 Å². The SMILES string of the molecule is CCC(C)C(P)CC(C)(C)CC. The zero-order chi connectivity index (χ0) is 9.78. The predicted octanol–water partition coefficient (Wildman–Crippen LogP) is 4.10. The fourth-order valence-corrected chi connectivity index (χ4v) is 2.20. The van der Waals surface area contributed by atoms with Crippen molar-refractivity contribution in [2.45, 2.75) is 59.5 Å². The quantitative estimate of drug-likeness (QED) is 0.570. The second-order valence-electron chi connectivity index (χ2n) is 4.77. The Morgan fingerprint density at radius 3 is 2.08 bits per heavy atom. The van der Waals surface area contributed by atoms with Gasteiger partial charge in [0.25, 0.3) is 0 Å². The van der Waals surface area contributed by atoms with Crippen molar-refractivity contribution in [1.29, 1.82) is 0 Å². The van der Waals surface area contributed by atoms with E-state index in [0.29, 0.717) is 5.41 Å². The van der Waals surface area contributed by atoms with Crippen LogP contribution in [-0.4, -0.2) is 5.66 Å². The van der Waals surface area contributed by atoms with E-state index in [1.807, 2.05) is 0 Å². The van der Waals surface area contributed by atoms with E-state index in [-0.39, 0.29) is 0 Å². The van der Waals surface area contributed by atoms with Crippen LogP contribution in [-0.2, 0) is 0 Å². The van der Waals surface area contributed by atoms with Gasteiger partial charge in [0.2, 0.25) is 0 Å². The van der Waals surface area contributed by atoms with E-state index in [0.717, 1.165) is 11.6 Å². The van der Waals surface area contributed by atoms with Gasteiger partial charge in [-0.2, -0.15) is 0 Å². The Balaban J connectivity index is 3.90. The molecule has 0 spiro atoms. The Bertz CT molecular complexity index is 118. The first-order chi connectivity index (χ1) is 5.43. The molecule has 0 radical (unpaired) electrons. The Hall–Kier alpha value is 0.430. The first kappa shape index (κ1) is 12.4. The molecule has 0 aliphatic rings. The summed E-state index contributed by atoms with van der Waals surface area (Å²) in [5.74, 6) is 0.848. The molecule has 0 N–H and O–H groups in total. The largest absolute Gasteiger partial charge is 0.134 e. The molecule has 0 amide bonds. The van der Waals surface area contributed by atoms with Gasteiger partial charge in [0.15, 0.2) is 0 Å². The first-order valence-corrected chi connectivity index (χ1v) is 5.85. The molecule has 12 heavy (non-hydrogen) atoms. The minimum atomic E-state index is 0.524. The van der Waals surface area contributed by atoms with E-state index < -0.39 is 0 Å². The van der Waals surface area contributed by atoms with Crippen molar-refractivity contribution in [3.05, 3.63) is 0 Å². The van der Waals surface area contributed by atoms with E-state index >= 15 is 0 Å². The molecule has 0 heterocycles. The maximum Gasteiger partial charge on any atom is -0.0234 e. The molecule has 3 unspecified atom stereocenters. The van der Waals surface area contributed by atoms with E-state index in [9.17, 15) is 0 Å². The predicted molar refractivity (Wildman–Crippen MR) is 61.6 cm³/mol. The highest BCUT2D eigenvalue weighted by Crippen LogP contribution is 2.33. The molecule has 0 saturated heterocycles. The van der Waals surface area contributed by atoms with Gasteiger partial charge in [0, 0.05) is 0 Å². The second kappa shape index (κ2) is 5.22. The molecule has 0 rings (SSSR count).